The molecule has 0 aromatic carbocycles. The quantitative estimate of drug-likeness (QED) is 0.889. The summed E-state index contributed by atoms with van der Waals surface area (Å²) >= 11 is 5.87. The number of hydrogen-bond donors (Lipinski definition) is 1. The molecule has 5 nitrogen and oxygen atoms in total. The SMILES string of the molecule is CC(Nc1nccnc1Cl)C(=O)N1CCCC1. The van der Waals surface area contributed by atoms with Crippen LogP contribution in [-0.4, -0.2) is 39.9 Å². The van der Waals surface area contributed by atoms with Gasteiger partial charge in [0.25, 0.3) is 0 Å². The fourth-order valence-electron chi connectivity index (χ4n) is 1.90. The number of carbonyl (C=O) groups is 1. The number of nitrogens with zero attached hydrogens (tertiary/aromatic N) is 3. The summed E-state index contributed by atoms with van der Waals surface area (Å²) in [5.41, 5.74) is 0. The third kappa shape index (κ3) is 2.85. The van der Waals surface area contributed by atoms with Gasteiger partial charge in [0.1, 0.15) is 6.04 Å². The van der Waals surface area contributed by atoms with Crippen molar-refractivity contribution < 1.29 is 4.79 Å². The molecule has 0 saturated carbocycles. The van der Waals surface area contributed by atoms with Crippen molar-refractivity contribution in [2.24, 2.45) is 0 Å². The normalized spacial score (nSPS) is 16.9. The van der Waals surface area contributed by atoms with Crippen LogP contribution in [-0.2, 0) is 4.79 Å². The van der Waals surface area contributed by atoms with E-state index in [0.717, 1.165) is 25.9 Å². The van der Waals surface area contributed by atoms with Gasteiger partial charge >= 0.3 is 0 Å². The summed E-state index contributed by atoms with van der Waals surface area (Å²) in [5, 5.41) is 3.28. The summed E-state index contributed by atoms with van der Waals surface area (Å²) in [6, 6.07) is -0.331. The van der Waals surface area contributed by atoms with Crippen molar-refractivity contribution in [1.29, 1.82) is 0 Å². The molecule has 1 atom stereocenters. The summed E-state index contributed by atoms with van der Waals surface area (Å²) in [5.74, 6) is 0.540. The Morgan fingerprint density at radius 3 is 2.71 bits per heavy atom. The topological polar surface area (TPSA) is 58.1 Å². The van der Waals surface area contributed by atoms with Crippen molar-refractivity contribution in [2.45, 2.75) is 25.8 Å². The largest absolute Gasteiger partial charge is 0.356 e. The second kappa shape index (κ2) is 5.31. The smallest absolute Gasteiger partial charge is 0.244 e. The first-order chi connectivity index (χ1) is 8.18. The standard InChI is InChI=1S/C11H15ClN4O/c1-8(11(17)16-6-2-3-7-16)15-10-9(12)13-4-5-14-10/h4-5,8H,2-3,6-7H2,1H3,(H,14,15). The van der Waals surface area contributed by atoms with Gasteiger partial charge in [-0.15, -0.1) is 0 Å². The molecule has 92 valence electrons. The van der Waals surface area contributed by atoms with Crippen LogP contribution in [0, 0.1) is 0 Å². The van der Waals surface area contributed by atoms with E-state index in [9.17, 15) is 4.79 Å². The van der Waals surface area contributed by atoms with Crippen LogP contribution < -0.4 is 5.32 Å². The number of anilines is 1. The molecule has 17 heavy (non-hydrogen) atoms. The molecule has 1 N–H and O–H groups in total. The third-order valence-electron chi connectivity index (χ3n) is 2.79. The molecule has 1 aromatic rings. The molecule has 1 aliphatic heterocycles. The first-order valence-corrected chi connectivity index (χ1v) is 6.08. The molecule has 0 spiro atoms. The number of amides is 1. The summed E-state index contributed by atoms with van der Waals surface area (Å²) in [4.78, 5) is 21.9. The van der Waals surface area contributed by atoms with E-state index >= 15 is 0 Å². The fraction of sp³-hybridized carbons (Fsp3) is 0.545. The van der Waals surface area contributed by atoms with E-state index in [0.29, 0.717) is 5.82 Å². The number of rotatable bonds is 3. The molecule has 1 aliphatic rings. The van der Waals surface area contributed by atoms with E-state index in [1.54, 1.807) is 6.20 Å². The second-order valence-corrected chi connectivity index (χ2v) is 4.45. The second-order valence-electron chi connectivity index (χ2n) is 4.09. The Bertz CT molecular complexity index is 406. The monoisotopic (exact) mass is 254 g/mol. The van der Waals surface area contributed by atoms with Crippen molar-refractivity contribution in [3.05, 3.63) is 17.5 Å². The van der Waals surface area contributed by atoms with Gasteiger partial charge in [0.05, 0.1) is 0 Å². The summed E-state index contributed by atoms with van der Waals surface area (Å²) in [6.45, 7) is 3.50. The Balaban J connectivity index is 1.99. The molecule has 2 heterocycles. The zero-order valence-corrected chi connectivity index (χ0v) is 10.4. The van der Waals surface area contributed by atoms with Crippen LogP contribution in [0.25, 0.3) is 0 Å². The maximum Gasteiger partial charge on any atom is 0.244 e. The highest BCUT2D eigenvalue weighted by Crippen LogP contribution is 2.16. The van der Waals surface area contributed by atoms with Crippen LogP contribution in [0.5, 0.6) is 0 Å². The Kier molecular flexibility index (Phi) is 3.78. The van der Waals surface area contributed by atoms with Gasteiger partial charge in [0.15, 0.2) is 11.0 Å². The highest BCUT2D eigenvalue weighted by atomic mass is 35.5. The number of hydrogen-bond acceptors (Lipinski definition) is 4. The zero-order valence-electron chi connectivity index (χ0n) is 9.69. The van der Waals surface area contributed by atoms with E-state index in [4.69, 9.17) is 11.6 Å². The zero-order chi connectivity index (χ0) is 12.3. The van der Waals surface area contributed by atoms with E-state index in [2.05, 4.69) is 15.3 Å². The van der Waals surface area contributed by atoms with Crippen LogP contribution in [0.4, 0.5) is 5.82 Å². The van der Waals surface area contributed by atoms with Crippen LogP contribution in [0.15, 0.2) is 12.4 Å². The molecule has 1 unspecified atom stereocenters. The first-order valence-electron chi connectivity index (χ1n) is 5.70. The molecule has 1 saturated heterocycles. The van der Waals surface area contributed by atoms with E-state index in [-0.39, 0.29) is 17.1 Å². The number of aromatic nitrogens is 2. The van der Waals surface area contributed by atoms with Gasteiger partial charge in [0, 0.05) is 25.5 Å². The lowest BCUT2D eigenvalue weighted by Gasteiger charge is -2.21. The average Bonchev–Trinajstić information content (AvgIpc) is 2.84. The Hall–Kier alpha value is -1.36. The number of carbonyl (C=O) groups excluding carboxylic acids is 1. The Morgan fingerprint density at radius 2 is 2.06 bits per heavy atom. The minimum Gasteiger partial charge on any atom is -0.356 e. The maximum atomic E-state index is 12.0. The molecule has 0 radical (unpaired) electrons. The number of halogens is 1. The predicted molar refractivity (Wildman–Crippen MR) is 65.9 cm³/mol. The number of likely N-dealkylation sites (tertiary alicyclic amines) is 1. The van der Waals surface area contributed by atoms with E-state index in [1.807, 2.05) is 11.8 Å². The van der Waals surface area contributed by atoms with Crippen LogP contribution in [0.2, 0.25) is 5.15 Å². The molecular weight excluding hydrogens is 240 g/mol. The molecule has 2 rings (SSSR count). The van der Waals surface area contributed by atoms with Gasteiger partial charge in [0.2, 0.25) is 5.91 Å². The minimum absolute atomic E-state index is 0.0872. The lowest BCUT2D eigenvalue weighted by molar-refractivity contribution is -0.130. The molecule has 0 aliphatic carbocycles. The van der Waals surface area contributed by atoms with Gasteiger partial charge in [-0.05, 0) is 19.8 Å². The molecule has 0 bridgehead atoms. The van der Waals surface area contributed by atoms with Gasteiger partial charge in [-0.25, -0.2) is 9.97 Å². The van der Waals surface area contributed by atoms with Crippen molar-refractivity contribution in [3.8, 4) is 0 Å². The van der Waals surface area contributed by atoms with E-state index < -0.39 is 0 Å². The molecular formula is C11H15ClN4O. The van der Waals surface area contributed by atoms with Gasteiger partial charge in [-0.2, -0.15) is 0 Å². The first kappa shape index (κ1) is 12.1. The lowest BCUT2D eigenvalue weighted by atomic mass is 10.3. The molecule has 1 aromatic heterocycles. The molecule has 1 amide bonds. The molecule has 6 heteroatoms. The van der Waals surface area contributed by atoms with Crippen molar-refractivity contribution >= 4 is 23.3 Å². The van der Waals surface area contributed by atoms with Gasteiger partial charge in [-0.3, -0.25) is 4.79 Å². The summed E-state index contributed by atoms with van der Waals surface area (Å²) in [7, 11) is 0. The Labute approximate surface area is 105 Å². The number of nitrogens with one attached hydrogen (secondary N) is 1. The fourth-order valence-corrected chi connectivity index (χ4v) is 2.06. The highest BCUT2D eigenvalue weighted by Gasteiger charge is 2.23. The van der Waals surface area contributed by atoms with Crippen LogP contribution >= 0.6 is 11.6 Å². The third-order valence-corrected chi connectivity index (χ3v) is 3.07. The summed E-state index contributed by atoms with van der Waals surface area (Å²) < 4.78 is 0. The predicted octanol–water partition coefficient (Wildman–Crippen LogP) is 1.55. The molecule has 1 fully saturated rings. The summed E-state index contributed by atoms with van der Waals surface area (Å²) in [6.07, 6.45) is 5.23. The average molecular weight is 255 g/mol. The van der Waals surface area contributed by atoms with Crippen LogP contribution in [0.3, 0.4) is 0 Å². The van der Waals surface area contributed by atoms with E-state index in [1.165, 1.54) is 6.20 Å². The Morgan fingerprint density at radius 1 is 1.41 bits per heavy atom. The van der Waals surface area contributed by atoms with Crippen molar-refractivity contribution in [3.63, 3.8) is 0 Å². The van der Waals surface area contributed by atoms with Gasteiger partial charge in [-0.1, -0.05) is 11.6 Å². The van der Waals surface area contributed by atoms with Crippen molar-refractivity contribution in [2.75, 3.05) is 18.4 Å². The van der Waals surface area contributed by atoms with Crippen LogP contribution in [0.1, 0.15) is 19.8 Å². The maximum absolute atomic E-state index is 12.0. The van der Waals surface area contributed by atoms with Gasteiger partial charge < -0.3 is 10.2 Å². The lowest BCUT2D eigenvalue weighted by Crippen LogP contribution is -2.39. The van der Waals surface area contributed by atoms with Crippen molar-refractivity contribution in [1.82, 2.24) is 14.9 Å². The minimum atomic E-state index is -0.331. The highest BCUT2D eigenvalue weighted by molar-refractivity contribution is 6.31.